The van der Waals surface area contributed by atoms with E-state index in [1.807, 2.05) is 11.3 Å². The van der Waals surface area contributed by atoms with Gasteiger partial charge in [0, 0.05) is 23.9 Å². The van der Waals surface area contributed by atoms with Crippen LogP contribution < -0.4 is 5.32 Å². The number of hydrogen-bond acceptors (Lipinski definition) is 3. The van der Waals surface area contributed by atoms with Crippen molar-refractivity contribution in [2.45, 2.75) is 58.5 Å². The predicted molar refractivity (Wildman–Crippen MR) is 90.0 cm³/mol. The zero-order chi connectivity index (χ0) is 14.7. The Kier molecular flexibility index (Phi) is 4.71. The van der Waals surface area contributed by atoms with Gasteiger partial charge in [-0.05, 0) is 31.7 Å². The van der Waals surface area contributed by atoms with Gasteiger partial charge in [-0.25, -0.2) is 4.98 Å². The van der Waals surface area contributed by atoms with Gasteiger partial charge in [-0.1, -0.05) is 43.2 Å². The summed E-state index contributed by atoms with van der Waals surface area (Å²) >= 11 is 1.90. The van der Waals surface area contributed by atoms with E-state index in [2.05, 4.69) is 43.4 Å². The highest BCUT2D eigenvalue weighted by Crippen LogP contribution is 2.25. The third-order valence-corrected chi connectivity index (χ3v) is 4.97. The summed E-state index contributed by atoms with van der Waals surface area (Å²) in [5.74, 6) is 0. The van der Waals surface area contributed by atoms with Crippen molar-refractivity contribution in [2.75, 3.05) is 0 Å². The molecule has 0 amide bonds. The summed E-state index contributed by atoms with van der Waals surface area (Å²) in [6, 6.07) is 9.53. The molecule has 1 fully saturated rings. The average Bonchev–Trinajstić information content (AvgIpc) is 3.20. The Morgan fingerprint density at radius 1 is 1.33 bits per heavy atom. The van der Waals surface area contributed by atoms with Gasteiger partial charge >= 0.3 is 0 Å². The molecule has 1 aromatic carbocycles. The summed E-state index contributed by atoms with van der Waals surface area (Å²) in [7, 11) is 0. The molecule has 0 spiro atoms. The molecule has 1 saturated carbocycles. The predicted octanol–water partition coefficient (Wildman–Crippen LogP) is 4.25. The summed E-state index contributed by atoms with van der Waals surface area (Å²) < 4.78 is 0. The van der Waals surface area contributed by atoms with Crippen LogP contribution in [0.1, 0.15) is 52.9 Å². The Balaban J connectivity index is 1.73. The largest absolute Gasteiger partial charge is 0.309 e. The van der Waals surface area contributed by atoms with Crippen molar-refractivity contribution in [2.24, 2.45) is 0 Å². The minimum atomic E-state index is 0.766. The molecule has 1 heterocycles. The van der Waals surface area contributed by atoms with Gasteiger partial charge in [0.2, 0.25) is 0 Å². The Hall–Kier alpha value is -1.19. The van der Waals surface area contributed by atoms with E-state index in [9.17, 15) is 0 Å². The first-order valence-corrected chi connectivity index (χ1v) is 8.82. The maximum atomic E-state index is 4.90. The van der Waals surface area contributed by atoms with Crippen LogP contribution in [0.3, 0.4) is 0 Å². The van der Waals surface area contributed by atoms with Crippen LogP contribution >= 0.6 is 11.3 Å². The smallest absolute Gasteiger partial charge is 0.0975 e. The average molecular weight is 300 g/mol. The molecule has 0 bridgehead atoms. The Bertz CT molecular complexity index is 599. The molecule has 21 heavy (non-hydrogen) atoms. The lowest BCUT2D eigenvalue weighted by Crippen LogP contribution is -2.15. The summed E-state index contributed by atoms with van der Waals surface area (Å²) in [6.45, 7) is 5.39. The van der Waals surface area contributed by atoms with Crippen molar-refractivity contribution in [1.82, 2.24) is 10.3 Å². The van der Waals surface area contributed by atoms with Crippen LogP contribution in [0.15, 0.2) is 24.3 Å². The molecule has 1 aliphatic rings. The SMILES string of the molecule is CCCc1nc(Cc2cccc(C)c2)sc1CNC1CC1. The minimum Gasteiger partial charge on any atom is -0.309 e. The molecule has 1 N–H and O–H groups in total. The first-order valence-electron chi connectivity index (χ1n) is 8.01. The van der Waals surface area contributed by atoms with Gasteiger partial charge in [-0.15, -0.1) is 11.3 Å². The first kappa shape index (κ1) is 14.7. The number of rotatable bonds is 7. The fraction of sp³-hybridized carbons (Fsp3) is 0.500. The van der Waals surface area contributed by atoms with Crippen LogP contribution in [0.5, 0.6) is 0 Å². The number of benzene rings is 1. The van der Waals surface area contributed by atoms with Crippen LogP contribution in [0.4, 0.5) is 0 Å². The Morgan fingerprint density at radius 2 is 2.19 bits per heavy atom. The molecule has 3 rings (SSSR count). The zero-order valence-corrected chi connectivity index (χ0v) is 13.8. The standard InChI is InChI=1S/C18H24N2S/c1-3-5-16-17(12-19-15-8-9-15)21-18(20-16)11-14-7-4-6-13(2)10-14/h4,6-7,10,15,19H,3,5,8-9,11-12H2,1-2H3. The van der Waals surface area contributed by atoms with Crippen molar-refractivity contribution >= 4 is 11.3 Å². The number of aromatic nitrogens is 1. The van der Waals surface area contributed by atoms with Crippen molar-refractivity contribution in [1.29, 1.82) is 0 Å². The molecule has 112 valence electrons. The Morgan fingerprint density at radius 3 is 2.90 bits per heavy atom. The highest BCUT2D eigenvalue weighted by atomic mass is 32.1. The van der Waals surface area contributed by atoms with Gasteiger partial charge in [0.25, 0.3) is 0 Å². The highest BCUT2D eigenvalue weighted by Gasteiger charge is 2.21. The van der Waals surface area contributed by atoms with Crippen molar-refractivity contribution in [3.63, 3.8) is 0 Å². The van der Waals surface area contributed by atoms with Gasteiger partial charge in [-0.2, -0.15) is 0 Å². The van der Waals surface area contributed by atoms with Crippen LogP contribution in [0.25, 0.3) is 0 Å². The van der Waals surface area contributed by atoms with Crippen molar-refractivity contribution in [3.8, 4) is 0 Å². The second-order valence-electron chi connectivity index (χ2n) is 6.05. The number of thiazole rings is 1. The summed E-state index contributed by atoms with van der Waals surface area (Å²) in [4.78, 5) is 6.35. The minimum absolute atomic E-state index is 0.766. The van der Waals surface area contributed by atoms with Gasteiger partial charge in [0.1, 0.15) is 0 Å². The Labute approximate surface area is 131 Å². The third kappa shape index (κ3) is 4.14. The molecule has 0 unspecified atom stereocenters. The molecule has 2 nitrogen and oxygen atoms in total. The van der Waals surface area contributed by atoms with Crippen molar-refractivity contribution < 1.29 is 0 Å². The maximum Gasteiger partial charge on any atom is 0.0975 e. The van der Waals surface area contributed by atoms with Crippen LogP contribution in [0.2, 0.25) is 0 Å². The van der Waals surface area contributed by atoms with E-state index >= 15 is 0 Å². The van der Waals surface area contributed by atoms with E-state index in [-0.39, 0.29) is 0 Å². The molecule has 0 saturated heterocycles. The van der Waals surface area contributed by atoms with Gasteiger partial charge < -0.3 is 5.32 Å². The lowest BCUT2D eigenvalue weighted by molar-refractivity contribution is 0.686. The summed E-state index contributed by atoms with van der Waals surface area (Å²) in [5, 5.41) is 4.89. The van der Waals surface area contributed by atoms with Gasteiger partial charge in [0.15, 0.2) is 0 Å². The third-order valence-electron chi connectivity index (χ3n) is 3.88. The molecular weight excluding hydrogens is 276 g/mol. The lowest BCUT2D eigenvalue weighted by Gasteiger charge is -2.01. The van der Waals surface area contributed by atoms with Crippen LogP contribution in [0, 0.1) is 6.92 Å². The maximum absolute atomic E-state index is 4.90. The number of nitrogens with zero attached hydrogens (tertiary/aromatic N) is 1. The molecule has 0 radical (unpaired) electrons. The molecular formula is C18H24N2S. The van der Waals surface area contributed by atoms with E-state index in [1.165, 1.54) is 46.0 Å². The normalized spacial score (nSPS) is 14.6. The summed E-state index contributed by atoms with van der Waals surface area (Å²) in [5.41, 5.74) is 4.01. The number of nitrogens with one attached hydrogen (secondary N) is 1. The van der Waals surface area contributed by atoms with Crippen molar-refractivity contribution in [3.05, 3.63) is 51.0 Å². The fourth-order valence-corrected chi connectivity index (χ4v) is 3.70. The molecule has 0 aliphatic heterocycles. The lowest BCUT2D eigenvalue weighted by atomic mass is 10.1. The topological polar surface area (TPSA) is 24.9 Å². The van der Waals surface area contributed by atoms with E-state index in [4.69, 9.17) is 4.98 Å². The summed E-state index contributed by atoms with van der Waals surface area (Å²) in [6.07, 6.45) is 5.93. The zero-order valence-electron chi connectivity index (χ0n) is 13.0. The first-order chi connectivity index (χ1) is 10.2. The van der Waals surface area contributed by atoms with Gasteiger partial charge in [0.05, 0.1) is 10.7 Å². The molecule has 1 aliphatic carbocycles. The molecule has 2 aromatic rings. The van der Waals surface area contributed by atoms with Crippen LogP contribution in [-0.4, -0.2) is 11.0 Å². The van der Waals surface area contributed by atoms with Gasteiger partial charge in [-0.3, -0.25) is 0 Å². The number of hydrogen-bond donors (Lipinski definition) is 1. The monoisotopic (exact) mass is 300 g/mol. The molecule has 0 atom stereocenters. The molecule has 1 aromatic heterocycles. The second-order valence-corrected chi connectivity index (χ2v) is 7.22. The second kappa shape index (κ2) is 6.71. The highest BCUT2D eigenvalue weighted by molar-refractivity contribution is 7.11. The fourth-order valence-electron chi connectivity index (χ4n) is 2.60. The van der Waals surface area contributed by atoms with E-state index in [0.29, 0.717) is 0 Å². The van der Waals surface area contributed by atoms with E-state index < -0.39 is 0 Å². The van der Waals surface area contributed by atoms with E-state index in [0.717, 1.165) is 25.4 Å². The number of aryl methyl sites for hydroxylation is 2. The molecule has 3 heteroatoms. The van der Waals surface area contributed by atoms with Crippen LogP contribution in [-0.2, 0) is 19.4 Å². The quantitative estimate of drug-likeness (QED) is 0.827. The van der Waals surface area contributed by atoms with E-state index in [1.54, 1.807) is 0 Å².